The van der Waals surface area contributed by atoms with E-state index in [4.69, 9.17) is 16.3 Å². The summed E-state index contributed by atoms with van der Waals surface area (Å²) in [5.41, 5.74) is -0.714. The van der Waals surface area contributed by atoms with E-state index in [0.717, 1.165) is 0 Å². The third-order valence-electron chi connectivity index (χ3n) is 5.01. The van der Waals surface area contributed by atoms with Crippen LogP contribution in [0.5, 0.6) is 0 Å². The smallest absolute Gasteiger partial charge is 0.249 e. The standard InChI is InChI=1S/C21H21ClO6/c1-12-7-3-5-9-14(12)16(23)17(24)19-20(26,11-21(22,27)28-19)18(25)15-10-6-4-8-13(15)2/h3-10,16,19,23,26-27H,11H2,1-2H3/t16?,19-,20-,21+/m1/s1. The van der Waals surface area contributed by atoms with Crippen LogP contribution in [0.3, 0.4) is 0 Å². The van der Waals surface area contributed by atoms with E-state index in [-0.39, 0.29) is 5.56 Å². The molecule has 0 bridgehead atoms. The van der Waals surface area contributed by atoms with Gasteiger partial charge in [-0.05, 0) is 30.5 Å². The number of aryl methyl sites for hydroxylation is 2. The minimum absolute atomic E-state index is 0.172. The van der Waals surface area contributed by atoms with Crippen LogP contribution >= 0.6 is 11.6 Å². The zero-order chi connectivity index (χ0) is 20.7. The summed E-state index contributed by atoms with van der Waals surface area (Å²) in [6, 6.07) is 13.2. The number of carbonyl (C=O) groups is 2. The Hall–Kier alpha value is -2.09. The van der Waals surface area contributed by atoms with Crippen LogP contribution in [0.25, 0.3) is 0 Å². The highest BCUT2D eigenvalue weighted by Gasteiger charge is 2.62. The van der Waals surface area contributed by atoms with Gasteiger partial charge in [0.05, 0.1) is 6.42 Å². The number of hydrogen-bond donors (Lipinski definition) is 3. The van der Waals surface area contributed by atoms with Crippen LogP contribution in [-0.2, 0) is 9.53 Å². The zero-order valence-electron chi connectivity index (χ0n) is 15.4. The molecule has 148 valence electrons. The third kappa shape index (κ3) is 3.62. The molecule has 0 spiro atoms. The number of rotatable bonds is 5. The molecule has 1 fully saturated rings. The molecule has 28 heavy (non-hydrogen) atoms. The van der Waals surface area contributed by atoms with Crippen molar-refractivity contribution in [3.05, 3.63) is 70.8 Å². The van der Waals surface area contributed by atoms with Gasteiger partial charge in [-0.25, -0.2) is 0 Å². The van der Waals surface area contributed by atoms with Gasteiger partial charge < -0.3 is 20.1 Å². The van der Waals surface area contributed by atoms with Crippen LogP contribution in [-0.4, -0.2) is 43.8 Å². The molecule has 7 heteroatoms. The van der Waals surface area contributed by atoms with E-state index in [1.54, 1.807) is 56.3 Å². The molecule has 0 radical (unpaired) electrons. The van der Waals surface area contributed by atoms with Crippen LogP contribution in [0.2, 0.25) is 0 Å². The molecular weight excluding hydrogens is 384 g/mol. The molecule has 6 nitrogen and oxygen atoms in total. The van der Waals surface area contributed by atoms with E-state index < -0.39 is 41.0 Å². The number of aliphatic hydroxyl groups is 3. The largest absolute Gasteiger partial charge is 0.380 e. The van der Waals surface area contributed by atoms with E-state index >= 15 is 0 Å². The Morgan fingerprint density at radius 3 is 2.25 bits per heavy atom. The second-order valence-electron chi connectivity index (χ2n) is 7.09. The molecule has 3 N–H and O–H groups in total. The molecular formula is C21H21ClO6. The van der Waals surface area contributed by atoms with Crippen molar-refractivity contribution < 1.29 is 29.6 Å². The average Bonchev–Trinajstić information content (AvgIpc) is 2.91. The number of hydrogen-bond acceptors (Lipinski definition) is 6. The minimum Gasteiger partial charge on any atom is -0.380 e. The SMILES string of the molecule is Cc1ccccc1C(=O)[C@]1(O)C[C@@](O)(Cl)O[C@@H]1C(=O)C(O)c1ccccc1C. The quantitative estimate of drug-likeness (QED) is 0.521. The van der Waals surface area contributed by atoms with E-state index in [0.29, 0.717) is 16.7 Å². The van der Waals surface area contributed by atoms with E-state index in [9.17, 15) is 24.9 Å². The number of ketones is 2. The van der Waals surface area contributed by atoms with Crippen LogP contribution in [0, 0.1) is 13.8 Å². The highest BCUT2D eigenvalue weighted by Crippen LogP contribution is 2.43. The van der Waals surface area contributed by atoms with Gasteiger partial charge in [-0.15, -0.1) is 0 Å². The first kappa shape index (κ1) is 20.6. The number of halogens is 1. The maximum absolute atomic E-state index is 13.1. The second kappa shape index (κ2) is 7.39. The molecule has 3 rings (SSSR count). The second-order valence-corrected chi connectivity index (χ2v) is 7.68. The predicted octanol–water partition coefficient (Wildman–Crippen LogP) is 2.19. The van der Waals surface area contributed by atoms with Gasteiger partial charge >= 0.3 is 0 Å². The first-order valence-corrected chi connectivity index (χ1v) is 9.14. The lowest BCUT2D eigenvalue weighted by atomic mass is 9.81. The van der Waals surface area contributed by atoms with Crippen molar-refractivity contribution in [1.29, 1.82) is 0 Å². The van der Waals surface area contributed by atoms with Gasteiger partial charge in [0, 0.05) is 5.56 Å². The monoisotopic (exact) mass is 404 g/mol. The number of alkyl halides is 1. The number of carbonyl (C=O) groups excluding carboxylic acids is 2. The Morgan fingerprint density at radius 1 is 1.07 bits per heavy atom. The summed E-state index contributed by atoms with van der Waals surface area (Å²) in [5.74, 6) is -1.77. The van der Waals surface area contributed by atoms with Gasteiger partial charge in [0.1, 0.15) is 6.10 Å². The number of Topliss-reactive ketones (excluding diaryl/α,β-unsaturated/α-hetero) is 2. The maximum Gasteiger partial charge on any atom is 0.249 e. The fourth-order valence-electron chi connectivity index (χ4n) is 3.49. The highest BCUT2D eigenvalue weighted by molar-refractivity contribution is 6.23. The first-order chi connectivity index (χ1) is 13.1. The summed E-state index contributed by atoms with van der Waals surface area (Å²) in [5, 5.41) is 29.4. The normalized spacial score (nSPS) is 28.1. The lowest BCUT2D eigenvalue weighted by Crippen LogP contribution is -2.51. The summed E-state index contributed by atoms with van der Waals surface area (Å²) in [4.78, 5) is 26.0. The predicted molar refractivity (Wildman–Crippen MR) is 102 cm³/mol. The lowest BCUT2D eigenvalue weighted by molar-refractivity contribution is -0.164. The Morgan fingerprint density at radius 2 is 1.64 bits per heavy atom. The summed E-state index contributed by atoms with van der Waals surface area (Å²) < 4.78 is 5.13. The van der Waals surface area contributed by atoms with Crippen molar-refractivity contribution in [3.63, 3.8) is 0 Å². The van der Waals surface area contributed by atoms with Crippen LogP contribution < -0.4 is 0 Å². The molecule has 4 atom stereocenters. The Kier molecular flexibility index (Phi) is 5.44. The number of benzene rings is 2. The van der Waals surface area contributed by atoms with Crippen LogP contribution in [0.4, 0.5) is 0 Å². The van der Waals surface area contributed by atoms with Crippen molar-refractivity contribution in [2.45, 2.75) is 43.3 Å². The summed E-state index contributed by atoms with van der Waals surface area (Å²) in [6.07, 6.45) is -4.21. The molecule has 0 saturated carbocycles. The average molecular weight is 405 g/mol. The van der Waals surface area contributed by atoms with E-state index in [1.807, 2.05) is 0 Å². The molecule has 0 amide bonds. The van der Waals surface area contributed by atoms with Crippen molar-refractivity contribution in [3.8, 4) is 0 Å². The molecule has 1 heterocycles. The van der Waals surface area contributed by atoms with Crippen molar-refractivity contribution in [1.82, 2.24) is 0 Å². The molecule has 1 unspecified atom stereocenters. The molecule has 1 saturated heterocycles. The zero-order valence-corrected chi connectivity index (χ0v) is 16.2. The van der Waals surface area contributed by atoms with Crippen molar-refractivity contribution in [2.24, 2.45) is 0 Å². The van der Waals surface area contributed by atoms with Gasteiger partial charge in [0.15, 0.2) is 23.3 Å². The summed E-state index contributed by atoms with van der Waals surface area (Å²) in [7, 11) is 0. The minimum atomic E-state index is -2.43. The Bertz CT molecular complexity index is 925. The van der Waals surface area contributed by atoms with Gasteiger partial charge in [-0.1, -0.05) is 60.1 Å². The maximum atomic E-state index is 13.1. The molecule has 2 aromatic carbocycles. The topological polar surface area (TPSA) is 104 Å². The fraction of sp³-hybridized carbons (Fsp3) is 0.333. The summed E-state index contributed by atoms with van der Waals surface area (Å²) in [6.45, 7) is 3.39. The first-order valence-electron chi connectivity index (χ1n) is 8.76. The number of aliphatic hydroxyl groups excluding tert-OH is 1. The Balaban J connectivity index is 2.00. The van der Waals surface area contributed by atoms with Gasteiger partial charge in [0.25, 0.3) is 0 Å². The van der Waals surface area contributed by atoms with E-state index in [1.165, 1.54) is 6.07 Å². The van der Waals surface area contributed by atoms with Crippen molar-refractivity contribution in [2.75, 3.05) is 0 Å². The molecule has 1 aliphatic heterocycles. The molecule has 1 aliphatic rings. The molecule has 2 aromatic rings. The Labute approximate surface area is 167 Å². The fourth-order valence-corrected chi connectivity index (χ4v) is 3.78. The lowest BCUT2D eigenvalue weighted by Gasteiger charge is -2.27. The van der Waals surface area contributed by atoms with Gasteiger partial charge in [-0.2, -0.15) is 0 Å². The molecule has 0 aliphatic carbocycles. The third-order valence-corrected chi connectivity index (χ3v) is 5.24. The van der Waals surface area contributed by atoms with Gasteiger partial charge in [0.2, 0.25) is 5.25 Å². The van der Waals surface area contributed by atoms with Crippen LogP contribution in [0.15, 0.2) is 48.5 Å². The highest BCUT2D eigenvalue weighted by atomic mass is 35.5. The number of ether oxygens (including phenoxy) is 1. The van der Waals surface area contributed by atoms with Crippen molar-refractivity contribution >= 4 is 23.2 Å². The van der Waals surface area contributed by atoms with E-state index in [2.05, 4.69) is 0 Å². The van der Waals surface area contributed by atoms with Gasteiger partial charge in [-0.3, -0.25) is 9.59 Å². The summed E-state index contributed by atoms with van der Waals surface area (Å²) >= 11 is 5.83. The van der Waals surface area contributed by atoms with Crippen LogP contribution in [0.1, 0.15) is 39.6 Å². The molecule has 0 aromatic heterocycles.